The molecule has 13 heavy (non-hydrogen) atoms. The molecule has 5 heteroatoms. The van der Waals surface area contributed by atoms with Gasteiger partial charge in [0.2, 0.25) is 0 Å². The van der Waals surface area contributed by atoms with Gasteiger partial charge in [-0.3, -0.25) is 0 Å². The Balaban J connectivity index is 2.78. The smallest absolute Gasteiger partial charge is 0.333 e. The van der Waals surface area contributed by atoms with Crippen LogP contribution in [0.4, 0.5) is 0 Å². The molecule has 0 aromatic rings. The zero-order chi connectivity index (χ0) is 10.0. The van der Waals surface area contributed by atoms with Crippen molar-refractivity contribution in [2.75, 3.05) is 7.11 Å². The lowest BCUT2D eigenvalue weighted by Gasteiger charge is -2.26. The van der Waals surface area contributed by atoms with E-state index in [-0.39, 0.29) is 12.0 Å². The molecule has 0 saturated carbocycles. The average Bonchev–Trinajstić information content (AvgIpc) is 2.12. The fraction of sp³-hybridized carbons (Fsp3) is 0.625. The van der Waals surface area contributed by atoms with E-state index in [9.17, 15) is 9.90 Å². The molecule has 5 nitrogen and oxygen atoms in total. The molecule has 0 amide bonds. The first-order chi connectivity index (χ1) is 6.06. The Kier molecular flexibility index (Phi) is 3.02. The summed E-state index contributed by atoms with van der Waals surface area (Å²) in [5, 5.41) is 27.5. The number of aliphatic hydroxyl groups is 3. The predicted molar refractivity (Wildman–Crippen MR) is 42.7 cm³/mol. The first-order valence-corrected chi connectivity index (χ1v) is 3.89. The van der Waals surface area contributed by atoms with Crippen LogP contribution in [0.25, 0.3) is 0 Å². The summed E-state index contributed by atoms with van der Waals surface area (Å²) >= 11 is 0. The Morgan fingerprint density at radius 3 is 2.62 bits per heavy atom. The van der Waals surface area contributed by atoms with E-state index in [1.807, 2.05) is 0 Å². The number of aliphatic hydroxyl groups excluding tert-OH is 3. The van der Waals surface area contributed by atoms with E-state index < -0.39 is 24.3 Å². The minimum absolute atomic E-state index is 0.00486. The molecule has 0 aromatic carbocycles. The molecule has 3 N–H and O–H groups in total. The van der Waals surface area contributed by atoms with E-state index in [1.165, 1.54) is 13.2 Å². The van der Waals surface area contributed by atoms with Crippen molar-refractivity contribution in [1.29, 1.82) is 0 Å². The summed E-state index contributed by atoms with van der Waals surface area (Å²) in [4.78, 5) is 11.0. The summed E-state index contributed by atoms with van der Waals surface area (Å²) in [7, 11) is 1.22. The highest BCUT2D eigenvalue weighted by atomic mass is 16.5. The molecule has 0 aliphatic heterocycles. The number of ether oxygens (including phenoxy) is 1. The number of hydrogen-bond acceptors (Lipinski definition) is 5. The van der Waals surface area contributed by atoms with Crippen molar-refractivity contribution in [3.8, 4) is 0 Å². The van der Waals surface area contributed by atoms with Gasteiger partial charge < -0.3 is 20.1 Å². The lowest BCUT2D eigenvalue weighted by Crippen LogP contribution is -2.40. The number of esters is 1. The van der Waals surface area contributed by atoms with E-state index in [2.05, 4.69) is 4.74 Å². The van der Waals surface area contributed by atoms with Crippen molar-refractivity contribution in [1.82, 2.24) is 0 Å². The summed E-state index contributed by atoms with van der Waals surface area (Å²) in [6.07, 6.45) is -2.35. The number of hydrogen-bond donors (Lipinski definition) is 3. The zero-order valence-corrected chi connectivity index (χ0v) is 7.17. The van der Waals surface area contributed by atoms with Crippen LogP contribution in [0, 0.1) is 0 Å². The molecule has 3 atom stereocenters. The molecular formula is C8H12O5. The first kappa shape index (κ1) is 10.2. The molecule has 0 heterocycles. The van der Waals surface area contributed by atoms with Crippen molar-refractivity contribution in [3.63, 3.8) is 0 Å². The SMILES string of the molecule is COC(=O)C1=C[C@@H](O)[C@H](O)[C@H](O)C1. The summed E-state index contributed by atoms with van der Waals surface area (Å²) in [6.45, 7) is 0. The molecule has 0 saturated heterocycles. The quantitative estimate of drug-likeness (QED) is 0.439. The van der Waals surface area contributed by atoms with Gasteiger partial charge in [0, 0.05) is 12.0 Å². The minimum atomic E-state index is -1.23. The summed E-state index contributed by atoms with van der Waals surface area (Å²) < 4.78 is 4.41. The molecule has 0 spiro atoms. The first-order valence-electron chi connectivity index (χ1n) is 3.89. The number of carbonyl (C=O) groups is 1. The van der Waals surface area contributed by atoms with Crippen molar-refractivity contribution < 1.29 is 24.9 Å². The summed E-state index contributed by atoms with van der Waals surface area (Å²) in [5.41, 5.74) is 0.188. The lowest BCUT2D eigenvalue weighted by molar-refractivity contribution is -0.137. The van der Waals surface area contributed by atoms with Gasteiger partial charge in [-0.25, -0.2) is 4.79 Å². The van der Waals surface area contributed by atoms with Gasteiger partial charge in [0.25, 0.3) is 0 Å². The van der Waals surface area contributed by atoms with E-state index in [0.717, 1.165) is 0 Å². The fourth-order valence-electron chi connectivity index (χ4n) is 1.23. The van der Waals surface area contributed by atoms with Crippen molar-refractivity contribution in [2.45, 2.75) is 24.7 Å². The zero-order valence-electron chi connectivity index (χ0n) is 7.17. The van der Waals surface area contributed by atoms with Crippen LogP contribution in [-0.2, 0) is 9.53 Å². The maximum atomic E-state index is 11.0. The summed E-state index contributed by atoms with van der Waals surface area (Å²) in [6, 6.07) is 0. The van der Waals surface area contributed by atoms with Crippen LogP contribution in [0.2, 0.25) is 0 Å². The largest absolute Gasteiger partial charge is 0.466 e. The second kappa shape index (κ2) is 3.87. The Bertz CT molecular complexity index is 235. The average molecular weight is 188 g/mol. The van der Waals surface area contributed by atoms with Crippen molar-refractivity contribution in [2.24, 2.45) is 0 Å². The van der Waals surface area contributed by atoms with Crippen LogP contribution >= 0.6 is 0 Å². The molecule has 0 radical (unpaired) electrons. The van der Waals surface area contributed by atoms with Gasteiger partial charge in [0.15, 0.2) is 0 Å². The van der Waals surface area contributed by atoms with Gasteiger partial charge >= 0.3 is 5.97 Å². The minimum Gasteiger partial charge on any atom is -0.466 e. The lowest BCUT2D eigenvalue weighted by atomic mass is 9.92. The van der Waals surface area contributed by atoms with Crippen LogP contribution < -0.4 is 0 Å². The van der Waals surface area contributed by atoms with E-state index in [0.29, 0.717) is 0 Å². The van der Waals surface area contributed by atoms with Crippen molar-refractivity contribution >= 4 is 5.97 Å². The normalized spacial score (nSPS) is 33.8. The number of methoxy groups -OCH3 is 1. The molecule has 0 bridgehead atoms. The monoisotopic (exact) mass is 188 g/mol. The standard InChI is InChI=1S/C8H12O5/c1-13-8(12)4-2-5(9)7(11)6(10)3-4/h2,5-7,9-11H,3H2,1H3/t5-,6-,7+/m1/s1. The van der Waals surface area contributed by atoms with E-state index >= 15 is 0 Å². The van der Waals surface area contributed by atoms with Crippen LogP contribution in [-0.4, -0.2) is 46.7 Å². The highest BCUT2D eigenvalue weighted by Gasteiger charge is 2.31. The third-order valence-electron chi connectivity index (χ3n) is 1.99. The van der Waals surface area contributed by atoms with Gasteiger partial charge in [0.05, 0.1) is 13.2 Å². The van der Waals surface area contributed by atoms with Crippen LogP contribution in [0.5, 0.6) is 0 Å². The Hall–Kier alpha value is -0.910. The van der Waals surface area contributed by atoms with Gasteiger partial charge in [-0.05, 0) is 6.08 Å². The highest BCUT2D eigenvalue weighted by Crippen LogP contribution is 2.20. The van der Waals surface area contributed by atoms with Crippen LogP contribution in [0.15, 0.2) is 11.6 Å². The Morgan fingerprint density at radius 1 is 1.54 bits per heavy atom. The van der Waals surface area contributed by atoms with E-state index in [4.69, 9.17) is 10.2 Å². The van der Waals surface area contributed by atoms with Gasteiger partial charge in [-0.1, -0.05) is 0 Å². The maximum Gasteiger partial charge on any atom is 0.333 e. The Labute approximate surface area is 75.3 Å². The van der Waals surface area contributed by atoms with Crippen LogP contribution in [0.3, 0.4) is 0 Å². The second-order valence-electron chi connectivity index (χ2n) is 2.94. The van der Waals surface area contributed by atoms with Crippen LogP contribution in [0.1, 0.15) is 6.42 Å². The molecule has 1 aliphatic rings. The molecular weight excluding hydrogens is 176 g/mol. The molecule has 1 rings (SSSR count). The van der Waals surface area contributed by atoms with Gasteiger partial charge in [-0.2, -0.15) is 0 Å². The predicted octanol–water partition coefficient (Wildman–Crippen LogP) is -1.43. The Morgan fingerprint density at radius 2 is 2.15 bits per heavy atom. The number of carbonyl (C=O) groups excluding carboxylic acids is 1. The maximum absolute atomic E-state index is 11.0. The van der Waals surface area contributed by atoms with Gasteiger partial charge in [-0.15, -0.1) is 0 Å². The molecule has 1 aliphatic carbocycles. The fourth-order valence-corrected chi connectivity index (χ4v) is 1.23. The van der Waals surface area contributed by atoms with Crippen molar-refractivity contribution in [3.05, 3.63) is 11.6 Å². The summed E-state index contributed by atoms with van der Waals surface area (Å²) in [5.74, 6) is -0.593. The highest BCUT2D eigenvalue weighted by molar-refractivity contribution is 5.88. The second-order valence-corrected chi connectivity index (χ2v) is 2.94. The molecule has 74 valence electrons. The molecule has 0 unspecified atom stereocenters. The number of rotatable bonds is 1. The molecule has 0 fully saturated rings. The van der Waals surface area contributed by atoms with E-state index in [1.54, 1.807) is 0 Å². The molecule has 0 aromatic heterocycles. The topological polar surface area (TPSA) is 87.0 Å². The third kappa shape index (κ3) is 2.06. The third-order valence-corrected chi connectivity index (χ3v) is 1.99. The van der Waals surface area contributed by atoms with Gasteiger partial charge in [0.1, 0.15) is 12.2 Å².